The number of ether oxygens (including phenoxy) is 5. The van der Waals surface area contributed by atoms with Gasteiger partial charge in [-0.3, -0.25) is 0 Å². The molecule has 2 aliphatic heterocycles. The van der Waals surface area contributed by atoms with Crippen molar-refractivity contribution >= 4 is 8.32 Å². The summed E-state index contributed by atoms with van der Waals surface area (Å²) in [6.45, 7) is 23.4. The van der Waals surface area contributed by atoms with Gasteiger partial charge in [-0.2, -0.15) is 0 Å². The topological polar surface area (TPSA) is 102 Å². The highest BCUT2D eigenvalue weighted by Crippen LogP contribution is 2.46. The van der Waals surface area contributed by atoms with Crippen molar-refractivity contribution in [3.63, 3.8) is 0 Å². The van der Waals surface area contributed by atoms with Crippen molar-refractivity contribution in [1.29, 1.82) is 0 Å². The smallest absolute Gasteiger partial charge is 0.220 e. The van der Waals surface area contributed by atoms with Gasteiger partial charge in [0, 0.05) is 6.42 Å². The van der Waals surface area contributed by atoms with Crippen LogP contribution in [0.15, 0.2) is 47.1 Å². The lowest BCUT2D eigenvalue weighted by Crippen LogP contribution is -2.52. The number of aromatic nitrogens is 1. The van der Waals surface area contributed by atoms with Crippen molar-refractivity contribution in [3.05, 3.63) is 59.8 Å². The van der Waals surface area contributed by atoms with Crippen molar-refractivity contribution in [1.82, 2.24) is 4.98 Å². The highest BCUT2D eigenvalue weighted by atomic mass is 28.4. The van der Waals surface area contributed by atoms with Crippen LogP contribution in [0.25, 0.3) is 0 Å². The Morgan fingerprint density at radius 2 is 1.71 bits per heavy atom. The van der Waals surface area contributed by atoms with E-state index in [4.69, 9.17) is 37.5 Å². The lowest BCUT2D eigenvalue weighted by Gasteiger charge is -2.47. The standard InChI is InChI=1S/C38H61NO8Si/c1-25(2)48(26(3)4,27(5)6)47-34-20-33(19-30(40)17-28(7)18-32-15-16-44-38(8,9)46-32)45-36(21-34)35-23-43-37(39-35)24-42-22-29-11-13-31(41-10)14-12-29/h11-14,23,25-27,30,32-34,36,40H,7,15-22,24H2,1-6,8-10H3/t30?,32-,33+,34+,36+/m0/s1. The Hall–Kier alpha value is -2.05. The fourth-order valence-electron chi connectivity index (χ4n) is 7.82. The van der Waals surface area contributed by atoms with Crippen molar-refractivity contribution in [2.24, 2.45) is 0 Å². The maximum atomic E-state index is 11.3. The predicted molar refractivity (Wildman–Crippen MR) is 189 cm³/mol. The van der Waals surface area contributed by atoms with Gasteiger partial charge in [-0.1, -0.05) is 65.8 Å². The first-order valence-electron chi connectivity index (χ1n) is 17.8. The minimum Gasteiger partial charge on any atom is -0.497 e. The molecule has 48 heavy (non-hydrogen) atoms. The number of rotatable bonds is 17. The van der Waals surface area contributed by atoms with E-state index in [1.807, 2.05) is 38.1 Å². The number of aliphatic hydroxyl groups is 1. The van der Waals surface area contributed by atoms with Gasteiger partial charge in [0.15, 0.2) is 5.79 Å². The predicted octanol–water partition coefficient (Wildman–Crippen LogP) is 8.81. The Morgan fingerprint density at radius 1 is 1.02 bits per heavy atom. The summed E-state index contributed by atoms with van der Waals surface area (Å²) < 4.78 is 42.7. The van der Waals surface area contributed by atoms with Crippen LogP contribution in [0.5, 0.6) is 5.75 Å². The summed E-state index contributed by atoms with van der Waals surface area (Å²) in [7, 11) is -0.504. The molecule has 1 unspecified atom stereocenters. The summed E-state index contributed by atoms with van der Waals surface area (Å²) in [5, 5.41) is 11.3. The number of benzene rings is 1. The third-order valence-electron chi connectivity index (χ3n) is 9.91. The van der Waals surface area contributed by atoms with Crippen molar-refractivity contribution in [2.45, 2.75) is 160 Å². The fourth-order valence-corrected chi connectivity index (χ4v) is 13.4. The monoisotopic (exact) mass is 687 g/mol. The van der Waals surface area contributed by atoms with Crippen molar-refractivity contribution in [2.75, 3.05) is 13.7 Å². The van der Waals surface area contributed by atoms with Gasteiger partial charge in [-0.05, 0) is 80.3 Å². The zero-order chi connectivity index (χ0) is 35.1. The van der Waals surface area contributed by atoms with E-state index in [0.29, 0.717) is 61.4 Å². The number of nitrogens with zero attached hydrogens (tertiary/aromatic N) is 1. The molecule has 1 aromatic carbocycles. The molecular formula is C38H61NO8Si. The summed E-state index contributed by atoms with van der Waals surface area (Å²) in [6.07, 6.45) is 4.57. The first-order valence-corrected chi connectivity index (χ1v) is 20.0. The SMILES string of the molecule is C=C(CC(O)C[C@@H]1C[C@@H](O[Si](C(C)C)(C(C)C)C(C)C)C[C@H](c2coc(COCc3ccc(OC)cc3)n2)O1)C[C@@H]1CCOC(C)(C)O1. The maximum Gasteiger partial charge on any atom is 0.220 e. The Labute approximate surface area is 289 Å². The van der Waals surface area contributed by atoms with Gasteiger partial charge >= 0.3 is 0 Å². The van der Waals surface area contributed by atoms with E-state index >= 15 is 0 Å². The van der Waals surface area contributed by atoms with Gasteiger partial charge in [0.1, 0.15) is 30.4 Å². The molecule has 0 radical (unpaired) electrons. The van der Waals surface area contributed by atoms with Gasteiger partial charge in [0.2, 0.25) is 14.2 Å². The number of hydrogen-bond donors (Lipinski definition) is 1. The number of oxazole rings is 1. The summed E-state index contributed by atoms with van der Waals surface area (Å²) >= 11 is 0. The normalized spacial score (nSPS) is 23.9. The van der Waals surface area contributed by atoms with E-state index in [-0.39, 0.29) is 31.0 Å². The zero-order valence-corrected chi connectivity index (χ0v) is 31.8. The lowest BCUT2D eigenvalue weighted by molar-refractivity contribution is -0.272. The highest BCUT2D eigenvalue weighted by Gasteiger charge is 2.48. The second kappa shape index (κ2) is 17.2. The third kappa shape index (κ3) is 10.5. The summed E-state index contributed by atoms with van der Waals surface area (Å²) in [5.74, 6) is 0.726. The molecule has 0 amide bonds. The molecule has 2 saturated heterocycles. The average Bonchev–Trinajstić information content (AvgIpc) is 3.48. The van der Waals surface area contributed by atoms with Crippen LogP contribution >= 0.6 is 0 Å². The fraction of sp³-hybridized carbons (Fsp3) is 0.711. The molecule has 2 aliphatic rings. The first-order chi connectivity index (χ1) is 22.7. The summed E-state index contributed by atoms with van der Waals surface area (Å²) in [6, 6.07) is 7.80. The van der Waals surface area contributed by atoms with Crippen LogP contribution in [0.1, 0.15) is 117 Å². The van der Waals surface area contributed by atoms with Crippen LogP contribution in [0.4, 0.5) is 0 Å². The minimum absolute atomic E-state index is 0.00707. The first kappa shape index (κ1) is 38.7. The molecule has 9 nitrogen and oxygen atoms in total. The minimum atomic E-state index is -2.16. The highest BCUT2D eigenvalue weighted by molar-refractivity contribution is 6.77. The van der Waals surface area contributed by atoms with Crippen molar-refractivity contribution < 1.29 is 37.6 Å². The van der Waals surface area contributed by atoms with Gasteiger partial charge in [0.25, 0.3) is 0 Å². The number of methoxy groups -OCH3 is 1. The lowest BCUT2D eigenvalue weighted by atomic mass is 9.93. The largest absolute Gasteiger partial charge is 0.497 e. The molecular weight excluding hydrogens is 627 g/mol. The Bertz CT molecular complexity index is 1250. The van der Waals surface area contributed by atoms with Crippen LogP contribution in [0, 0.1) is 0 Å². The second-order valence-electron chi connectivity index (χ2n) is 15.1. The van der Waals surface area contributed by atoms with Gasteiger partial charge in [0.05, 0.1) is 44.7 Å². The Balaban J connectivity index is 1.42. The molecule has 3 heterocycles. The molecule has 10 heteroatoms. The van der Waals surface area contributed by atoms with E-state index in [1.54, 1.807) is 13.4 Å². The van der Waals surface area contributed by atoms with Crippen LogP contribution < -0.4 is 4.74 Å². The molecule has 0 spiro atoms. The maximum absolute atomic E-state index is 11.3. The molecule has 2 aromatic rings. The third-order valence-corrected chi connectivity index (χ3v) is 16.1. The van der Waals surface area contributed by atoms with E-state index < -0.39 is 20.2 Å². The number of hydrogen-bond acceptors (Lipinski definition) is 9. The van der Waals surface area contributed by atoms with E-state index in [0.717, 1.165) is 35.4 Å². The van der Waals surface area contributed by atoms with E-state index in [1.165, 1.54) is 0 Å². The summed E-state index contributed by atoms with van der Waals surface area (Å²) in [4.78, 5) is 4.79. The van der Waals surface area contributed by atoms with Gasteiger partial charge < -0.3 is 37.6 Å². The molecule has 4 rings (SSSR count). The molecule has 0 bridgehead atoms. The molecule has 0 saturated carbocycles. The average molecular weight is 688 g/mol. The van der Waals surface area contributed by atoms with Gasteiger partial charge in [-0.25, -0.2) is 4.98 Å². The van der Waals surface area contributed by atoms with Gasteiger partial charge in [-0.15, -0.1) is 0 Å². The summed E-state index contributed by atoms with van der Waals surface area (Å²) in [5.41, 5.74) is 4.15. The quantitative estimate of drug-likeness (QED) is 0.129. The Morgan fingerprint density at radius 3 is 2.33 bits per heavy atom. The molecule has 1 aromatic heterocycles. The molecule has 0 aliphatic carbocycles. The second-order valence-corrected chi connectivity index (χ2v) is 20.5. The molecule has 270 valence electrons. The molecule has 5 atom stereocenters. The number of aliphatic hydroxyl groups excluding tert-OH is 1. The van der Waals surface area contributed by atoms with E-state index in [9.17, 15) is 5.11 Å². The molecule has 1 N–H and O–H groups in total. The van der Waals surface area contributed by atoms with Crippen LogP contribution in [-0.4, -0.2) is 62.3 Å². The Kier molecular flexibility index (Phi) is 13.9. The van der Waals surface area contributed by atoms with Crippen molar-refractivity contribution in [3.8, 4) is 5.75 Å². The zero-order valence-electron chi connectivity index (χ0n) is 30.8. The van der Waals surface area contributed by atoms with Crippen LogP contribution in [0.2, 0.25) is 16.6 Å². The van der Waals surface area contributed by atoms with E-state index in [2.05, 4.69) is 48.1 Å². The molecule has 2 fully saturated rings. The van der Waals surface area contributed by atoms with Crippen LogP contribution in [0.3, 0.4) is 0 Å². The van der Waals surface area contributed by atoms with Crippen LogP contribution in [-0.2, 0) is 36.6 Å².